The monoisotopic (exact) mass is 326 g/mol. The number of nitrogens with one attached hydrogen (secondary N) is 1. The van der Waals surface area contributed by atoms with Gasteiger partial charge in [0.15, 0.2) is 0 Å². The number of nitrogens with zero attached hydrogens (tertiary/aromatic N) is 3. The van der Waals surface area contributed by atoms with E-state index in [1.54, 1.807) is 25.1 Å². The second-order valence-electron chi connectivity index (χ2n) is 4.83. The molecule has 1 heterocycles. The maximum Gasteiger partial charge on any atom is 0.244 e. The fourth-order valence-electron chi connectivity index (χ4n) is 2.02. The number of hydrogen-bond donors (Lipinski definition) is 1. The average Bonchev–Trinajstić information content (AvgIpc) is 2.97. The van der Waals surface area contributed by atoms with Crippen molar-refractivity contribution in [3.05, 3.63) is 46.5 Å². The number of rotatable bonds is 5. The predicted molar refractivity (Wildman–Crippen MR) is 82.6 cm³/mol. The molecule has 1 aromatic heterocycles. The quantitative estimate of drug-likeness (QED) is 0.918. The lowest BCUT2D eigenvalue weighted by molar-refractivity contribution is -0.124. The molecule has 7 heteroatoms. The lowest BCUT2D eigenvalue weighted by Crippen LogP contribution is -2.33. The van der Waals surface area contributed by atoms with Gasteiger partial charge in [-0.3, -0.25) is 4.79 Å². The zero-order valence-corrected chi connectivity index (χ0v) is 13.3. The Hall–Kier alpha value is -1.59. The van der Waals surface area contributed by atoms with E-state index in [9.17, 15) is 4.79 Å². The summed E-state index contributed by atoms with van der Waals surface area (Å²) in [6.45, 7) is 4.17. The molecule has 0 spiro atoms. The number of carbonyl (C=O) groups excluding carboxylic acids is 1. The summed E-state index contributed by atoms with van der Waals surface area (Å²) in [6, 6.07) is 4.96. The van der Waals surface area contributed by atoms with Crippen LogP contribution in [0, 0.1) is 0 Å². The van der Waals surface area contributed by atoms with E-state index in [4.69, 9.17) is 23.2 Å². The molecule has 0 unspecified atom stereocenters. The summed E-state index contributed by atoms with van der Waals surface area (Å²) in [6.07, 6.45) is 2.91. The van der Waals surface area contributed by atoms with Crippen LogP contribution in [0.4, 0.5) is 0 Å². The Bertz CT molecular complexity index is 595. The first-order valence-corrected chi connectivity index (χ1v) is 7.32. The lowest BCUT2D eigenvalue weighted by Gasteiger charge is -2.18. The molecular weight excluding hydrogens is 311 g/mol. The maximum absolute atomic E-state index is 12.1. The maximum atomic E-state index is 12.1. The van der Waals surface area contributed by atoms with Gasteiger partial charge in [0.2, 0.25) is 5.91 Å². The summed E-state index contributed by atoms with van der Waals surface area (Å²) in [4.78, 5) is 15.9. The Kier molecular flexibility index (Phi) is 5.20. The third-order valence-electron chi connectivity index (χ3n) is 3.29. The number of carbonyl (C=O) groups is 1. The van der Waals surface area contributed by atoms with E-state index >= 15 is 0 Å². The van der Waals surface area contributed by atoms with E-state index in [2.05, 4.69) is 15.4 Å². The number of benzene rings is 1. The average molecular weight is 327 g/mol. The minimum absolute atomic E-state index is 0.0121. The van der Waals surface area contributed by atoms with Crippen LogP contribution in [0.25, 0.3) is 0 Å². The van der Waals surface area contributed by atoms with Crippen LogP contribution in [-0.2, 0) is 4.79 Å². The smallest absolute Gasteiger partial charge is 0.244 e. The topological polar surface area (TPSA) is 59.8 Å². The van der Waals surface area contributed by atoms with Gasteiger partial charge in [0.05, 0.1) is 0 Å². The molecule has 0 saturated carbocycles. The summed E-state index contributed by atoms with van der Waals surface area (Å²) < 4.78 is 1.50. The Morgan fingerprint density at radius 2 is 2.00 bits per heavy atom. The van der Waals surface area contributed by atoms with Gasteiger partial charge in [-0.2, -0.15) is 5.10 Å². The largest absolute Gasteiger partial charge is 0.354 e. The fraction of sp³-hybridized carbons (Fsp3) is 0.357. The Morgan fingerprint density at radius 1 is 1.33 bits per heavy atom. The summed E-state index contributed by atoms with van der Waals surface area (Å²) >= 11 is 12.3. The van der Waals surface area contributed by atoms with Crippen LogP contribution in [0.15, 0.2) is 30.9 Å². The van der Waals surface area contributed by atoms with Crippen LogP contribution in [0.3, 0.4) is 0 Å². The van der Waals surface area contributed by atoms with Gasteiger partial charge in [0, 0.05) is 22.5 Å². The minimum Gasteiger partial charge on any atom is -0.354 e. The Morgan fingerprint density at radius 3 is 2.57 bits per heavy atom. The first kappa shape index (κ1) is 15.8. The molecule has 5 nitrogen and oxygen atoms in total. The third kappa shape index (κ3) is 3.74. The van der Waals surface area contributed by atoms with Crippen LogP contribution < -0.4 is 5.32 Å². The summed E-state index contributed by atoms with van der Waals surface area (Å²) in [5.74, 6) is -0.117. The molecule has 21 heavy (non-hydrogen) atoms. The SMILES string of the molecule is C[C@@H](CNC(=O)[C@H](C)n1cncn1)c1c(Cl)cccc1Cl. The highest BCUT2D eigenvalue weighted by atomic mass is 35.5. The Balaban J connectivity index is 1.98. The number of halogens is 2. The van der Waals surface area contributed by atoms with Gasteiger partial charge >= 0.3 is 0 Å². The molecule has 0 aliphatic carbocycles. The minimum atomic E-state index is -0.415. The van der Waals surface area contributed by atoms with Gasteiger partial charge in [-0.1, -0.05) is 36.2 Å². The van der Waals surface area contributed by atoms with Crippen LogP contribution in [0.5, 0.6) is 0 Å². The molecule has 1 amide bonds. The third-order valence-corrected chi connectivity index (χ3v) is 3.95. The van der Waals surface area contributed by atoms with Gasteiger partial charge in [0.25, 0.3) is 0 Å². The van der Waals surface area contributed by atoms with E-state index < -0.39 is 6.04 Å². The molecule has 2 aromatic rings. The Labute approximate surface area is 133 Å². The number of hydrogen-bond acceptors (Lipinski definition) is 3. The van der Waals surface area contributed by atoms with Crippen molar-refractivity contribution in [3.63, 3.8) is 0 Å². The van der Waals surface area contributed by atoms with Crippen LogP contribution in [-0.4, -0.2) is 27.2 Å². The zero-order valence-electron chi connectivity index (χ0n) is 11.8. The second-order valence-corrected chi connectivity index (χ2v) is 5.65. The molecule has 1 aromatic carbocycles. The van der Waals surface area contributed by atoms with Crippen molar-refractivity contribution < 1.29 is 4.79 Å². The van der Waals surface area contributed by atoms with Crippen LogP contribution in [0.2, 0.25) is 10.0 Å². The number of amides is 1. The van der Waals surface area contributed by atoms with E-state index in [1.165, 1.54) is 17.3 Å². The van der Waals surface area contributed by atoms with E-state index in [0.717, 1.165) is 5.56 Å². The van der Waals surface area contributed by atoms with Gasteiger partial charge < -0.3 is 5.32 Å². The van der Waals surface area contributed by atoms with E-state index in [-0.39, 0.29) is 11.8 Å². The molecule has 2 rings (SSSR count). The standard InChI is InChI=1S/C14H16Cl2N4O/c1-9(13-11(15)4-3-5-12(13)16)6-18-14(21)10(2)20-8-17-7-19-20/h3-5,7-10H,6H2,1-2H3,(H,18,21)/t9-,10-/m0/s1. The van der Waals surface area contributed by atoms with Crippen LogP contribution in [0.1, 0.15) is 31.4 Å². The highest BCUT2D eigenvalue weighted by Gasteiger charge is 2.18. The highest BCUT2D eigenvalue weighted by Crippen LogP contribution is 2.30. The fourth-order valence-corrected chi connectivity index (χ4v) is 2.79. The number of aromatic nitrogens is 3. The lowest BCUT2D eigenvalue weighted by atomic mass is 10.0. The summed E-state index contributed by atoms with van der Waals surface area (Å²) in [7, 11) is 0. The molecule has 0 radical (unpaired) electrons. The summed E-state index contributed by atoms with van der Waals surface area (Å²) in [5.41, 5.74) is 0.842. The first-order valence-electron chi connectivity index (χ1n) is 6.56. The predicted octanol–water partition coefficient (Wildman–Crippen LogP) is 3.07. The van der Waals surface area contributed by atoms with Crippen molar-refractivity contribution in [1.29, 1.82) is 0 Å². The molecular formula is C14H16Cl2N4O. The van der Waals surface area contributed by atoms with Crippen LogP contribution >= 0.6 is 23.2 Å². The molecule has 0 aliphatic heterocycles. The van der Waals surface area contributed by atoms with Gasteiger partial charge in [-0.25, -0.2) is 9.67 Å². The molecule has 2 atom stereocenters. The highest BCUT2D eigenvalue weighted by molar-refractivity contribution is 6.36. The molecule has 0 saturated heterocycles. The van der Waals surface area contributed by atoms with Crippen molar-refractivity contribution in [2.45, 2.75) is 25.8 Å². The molecule has 1 N–H and O–H groups in total. The van der Waals surface area contributed by atoms with Crippen molar-refractivity contribution in [3.8, 4) is 0 Å². The van der Waals surface area contributed by atoms with E-state index in [0.29, 0.717) is 16.6 Å². The van der Waals surface area contributed by atoms with Crippen molar-refractivity contribution in [2.75, 3.05) is 6.54 Å². The van der Waals surface area contributed by atoms with Crippen molar-refractivity contribution in [2.24, 2.45) is 0 Å². The second kappa shape index (κ2) is 6.91. The molecule has 112 valence electrons. The van der Waals surface area contributed by atoms with Gasteiger partial charge in [-0.05, 0) is 24.6 Å². The molecule has 0 fully saturated rings. The van der Waals surface area contributed by atoms with E-state index in [1.807, 2.05) is 6.92 Å². The van der Waals surface area contributed by atoms with Crippen molar-refractivity contribution in [1.82, 2.24) is 20.1 Å². The zero-order chi connectivity index (χ0) is 15.4. The molecule has 0 aliphatic rings. The normalized spacial score (nSPS) is 13.7. The van der Waals surface area contributed by atoms with Gasteiger partial charge in [-0.15, -0.1) is 0 Å². The van der Waals surface area contributed by atoms with Gasteiger partial charge in [0.1, 0.15) is 18.7 Å². The summed E-state index contributed by atoms with van der Waals surface area (Å²) in [5, 5.41) is 8.04. The molecule has 0 bridgehead atoms. The first-order chi connectivity index (χ1) is 10.0. The van der Waals surface area contributed by atoms with Crippen molar-refractivity contribution >= 4 is 29.1 Å².